The van der Waals surface area contributed by atoms with Crippen LogP contribution in [0.1, 0.15) is 22.3 Å². The highest BCUT2D eigenvalue weighted by molar-refractivity contribution is 9.09. The van der Waals surface area contributed by atoms with Gasteiger partial charge in [-0.05, 0) is 23.8 Å². The molecule has 0 aromatic heterocycles. The van der Waals surface area contributed by atoms with Gasteiger partial charge in [0.1, 0.15) is 5.75 Å². The van der Waals surface area contributed by atoms with E-state index in [1.54, 1.807) is 13.2 Å². The SMILES string of the molecule is COc1cc(CBr)cc(C(=O)CCBr)c1. The number of alkyl halides is 2. The van der Waals surface area contributed by atoms with Crippen LogP contribution in [0.3, 0.4) is 0 Å². The van der Waals surface area contributed by atoms with E-state index in [1.165, 1.54) is 0 Å². The summed E-state index contributed by atoms with van der Waals surface area (Å²) in [5, 5.41) is 1.41. The summed E-state index contributed by atoms with van der Waals surface area (Å²) in [6.45, 7) is 0. The molecular weight excluding hydrogens is 324 g/mol. The second-order valence-electron chi connectivity index (χ2n) is 3.07. The third-order valence-corrected chi connectivity index (χ3v) is 3.04. The van der Waals surface area contributed by atoms with Crippen LogP contribution in [0.2, 0.25) is 0 Å². The Bertz CT molecular complexity index is 328. The highest BCUT2D eigenvalue weighted by Gasteiger charge is 2.08. The van der Waals surface area contributed by atoms with Crippen molar-refractivity contribution in [1.82, 2.24) is 0 Å². The van der Waals surface area contributed by atoms with Gasteiger partial charge in [-0.3, -0.25) is 4.79 Å². The molecule has 0 aliphatic heterocycles. The average Bonchev–Trinajstić information content (AvgIpc) is 2.28. The molecule has 0 aliphatic rings. The smallest absolute Gasteiger partial charge is 0.163 e. The Balaban J connectivity index is 3.01. The van der Waals surface area contributed by atoms with Gasteiger partial charge in [0.05, 0.1) is 7.11 Å². The molecule has 0 unspecified atom stereocenters. The van der Waals surface area contributed by atoms with Crippen LogP contribution in [0.4, 0.5) is 0 Å². The van der Waals surface area contributed by atoms with Crippen LogP contribution in [-0.2, 0) is 5.33 Å². The van der Waals surface area contributed by atoms with E-state index in [2.05, 4.69) is 31.9 Å². The molecule has 0 atom stereocenters. The van der Waals surface area contributed by atoms with E-state index in [0.717, 1.165) is 16.6 Å². The van der Waals surface area contributed by atoms with Gasteiger partial charge < -0.3 is 4.74 Å². The van der Waals surface area contributed by atoms with Gasteiger partial charge in [-0.2, -0.15) is 0 Å². The number of ketones is 1. The molecule has 1 aromatic carbocycles. The summed E-state index contributed by atoms with van der Waals surface area (Å²) in [6.07, 6.45) is 0.509. The van der Waals surface area contributed by atoms with Crippen molar-refractivity contribution in [2.75, 3.05) is 12.4 Å². The van der Waals surface area contributed by atoms with Crippen molar-refractivity contribution in [3.05, 3.63) is 29.3 Å². The summed E-state index contributed by atoms with van der Waals surface area (Å²) in [5.74, 6) is 0.859. The van der Waals surface area contributed by atoms with Crippen LogP contribution in [0.5, 0.6) is 5.75 Å². The third kappa shape index (κ3) is 3.61. The number of Topliss-reactive ketones (excluding diaryl/α,β-unsaturated/α-hetero) is 1. The fourth-order valence-electron chi connectivity index (χ4n) is 1.25. The van der Waals surface area contributed by atoms with Gasteiger partial charge in [0.2, 0.25) is 0 Å². The largest absolute Gasteiger partial charge is 0.497 e. The molecule has 15 heavy (non-hydrogen) atoms. The molecule has 0 saturated heterocycles. The number of halogens is 2. The van der Waals surface area contributed by atoms with E-state index in [0.29, 0.717) is 17.3 Å². The first kappa shape index (κ1) is 12.7. The van der Waals surface area contributed by atoms with Crippen molar-refractivity contribution >= 4 is 37.6 Å². The first-order valence-corrected chi connectivity index (χ1v) is 6.78. The maximum absolute atomic E-state index is 11.7. The maximum atomic E-state index is 11.7. The van der Waals surface area contributed by atoms with E-state index in [4.69, 9.17) is 4.74 Å². The summed E-state index contributed by atoms with van der Waals surface area (Å²) in [6, 6.07) is 5.58. The first-order valence-electron chi connectivity index (χ1n) is 4.54. The average molecular weight is 336 g/mol. The molecule has 1 rings (SSSR count). The molecule has 0 radical (unpaired) electrons. The highest BCUT2D eigenvalue weighted by atomic mass is 79.9. The summed E-state index contributed by atoms with van der Waals surface area (Å²) in [5.41, 5.74) is 1.76. The monoisotopic (exact) mass is 334 g/mol. The Morgan fingerprint density at radius 3 is 2.60 bits per heavy atom. The van der Waals surface area contributed by atoms with E-state index in [1.807, 2.05) is 12.1 Å². The van der Waals surface area contributed by atoms with E-state index >= 15 is 0 Å². The summed E-state index contributed by atoms with van der Waals surface area (Å²) in [4.78, 5) is 11.7. The lowest BCUT2D eigenvalue weighted by atomic mass is 10.1. The first-order chi connectivity index (χ1) is 7.21. The summed E-state index contributed by atoms with van der Waals surface area (Å²) >= 11 is 6.62. The minimum atomic E-state index is 0.132. The lowest BCUT2D eigenvalue weighted by Crippen LogP contribution is -2.01. The van der Waals surface area contributed by atoms with Crippen molar-refractivity contribution in [3.63, 3.8) is 0 Å². The fraction of sp³-hybridized carbons (Fsp3) is 0.364. The molecule has 0 amide bonds. The van der Waals surface area contributed by atoms with Gasteiger partial charge in [-0.15, -0.1) is 0 Å². The van der Waals surface area contributed by atoms with Crippen LogP contribution in [0, 0.1) is 0 Å². The van der Waals surface area contributed by atoms with Crippen LogP contribution >= 0.6 is 31.9 Å². The van der Waals surface area contributed by atoms with Gasteiger partial charge in [-0.25, -0.2) is 0 Å². The quantitative estimate of drug-likeness (QED) is 0.607. The van der Waals surface area contributed by atoms with Gasteiger partial charge in [-0.1, -0.05) is 31.9 Å². The lowest BCUT2D eigenvalue weighted by Gasteiger charge is -2.06. The molecule has 0 aliphatic carbocycles. The van der Waals surface area contributed by atoms with Crippen molar-refractivity contribution in [2.24, 2.45) is 0 Å². The molecule has 1 aromatic rings. The molecule has 0 N–H and O–H groups in total. The van der Waals surface area contributed by atoms with Crippen molar-refractivity contribution in [1.29, 1.82) is 0 Å². The molecule has 82 valence electrons. The molecule has 2 nitrogen and oxygen atoms in total. The number of benzene rings is 1. The number of methoxy groups -OCH3 is 1. The zero-order valence-corrected chi connectivity index (χ0v) is 11.6. The third-order valence-electron chi connectivity index (χ3n) is 2.00. The lowest BCUT2D eigenvalue weighted by molar-refractivity contribution is 0.0989. The molecule has 0 bridgehead atoms. The Morgan fingerprint density at radius 2 is 2.07 bits per heavy atom. The number of ether oxygens (including phenoxy) is 1. The number of carbonyl (C=O) groups is 1. The summed E-state index contributed by atoms with van der Waals surface area (Å²) < 4.78 is 5.14. The van der Waals surface area contributed by atoms with Gasteiger partial charge in [0, 0.05) is 22.6 Å². The molecule has 0 spiro atoms. The molecule has 0 heterocycles. The van der Waals surface area contributed by atoms with E-state index in [-0.39, 0.29) is 5.78 Å². The number of hydrogen-bond donors (Lipinski definition) is 0. The Morgan fingerprint density at radius 1 is 1.33 bits per heavy atom. The van der Waals surface area contributed by atoms with Crippen molar-refractivity contribution < 1.29 is 9.53 Å². The van der Waals surface area contributed by atoms with E-state index < -0.39 is 0 Å². The van der Waals surface area contributed by atoms with E-state index in [9.17, 15) is 4.79 Å². The van der Waals surface area contributed by atoms with Crippen molar-refractivity contribution in [2.45, 2.75) is 11.8 Å². The normalized spacial score (nSPS) is 10.1. The summed E-state index contributed by atoms with van der Waals surface area (Å²) in [7, 11) is 1.60. The van der Waals surface area contributed by atoms with Crippen LogP contribution in [0.25, 0.3) is 0 Å². The molecular formula is C11H12Br2O2. The number of rotatable bonds is 5. The van der Waals surface area contributed by atoms with Gasteiger partial charge in [0.15, 0.2) is 5.78 Å². The van der Waals surface area contributed by atoms with Crippen molar-refractivity contribution in [3.8, 4) is 5.75 Å². The minimum absolute atomic E-state index is 0.132. The second-order valence-corrected chi connectivity index (χ2v) is 4.42. The predicted octanol–water partition coefficient (Wildman–Crippen LogP) is 3.56. The molecule has 4 heteroatoms. The predicted molar refractivity (Wildman–Crippen MR) is 68.4 cm³/mol. The standard InChI is InChI=1S/C11H12Br2O2/c1-15-10-5-8(7-13)4-9(6-10)11(14)2-3-12/h4-6H,2-3,7H2,1H3. The Kier molecular flexibility index (Phi) is 5.32. The maximum Gasteiger partial charge on any atom is 0.163 e. The van der Waals surface area contributed by atoms with Crippen LogP contribution < -0.4 is 4.74 Å². The highest BCUT2D eigenvalue weighted by Crippen LogP contribution is 2.20. The Labute approximate surface area is 106 Å². The van der Waals surface area contributed by atoms with Crippen LogP contribution in [-0.4, -0.2) is 18.2 Å². The minimum Gasteiger partial charge on any atom is -0.497 e. The zero-order chi connectivity index (χ0) is 11.3. The zero-order valence-electron chi connectivity index (χ0n) is 8.43. The molecule has 0 fully saturated rings. The second kappa shape index (κ2) is 6.28. The Hall–Kier alpha value is -0.350. The van der Waals surface area contributed by atoms with Gasteiger partial charge in [0.25, 0.3) is 0 Å². The van der Waals surface area contributed by atoms with Gasteiger partial charge >= 0.3 is 0 Å². The molecule has 0 saturated carbocycles. The number of carbonyl (C=O) groups excluding carboxylic acids is 1. The van der Waals surface area contributed by atoms with Crippen LogP contribution in [0.15, 0.2) is 18.2 Å². The number of hydrogen-bond acceptors (Lipinski definition) is 2. The fourth-order valence-corrected chi connectivity index (χ4v) is 1.93. The topological polar surface area (TPSA) is 26.3 Å².